The van der Waals surface area contributed by atoms with Crippen molar-refractivity contribution in [2.45, 2.75) is 19.5 Å². The van der Waals surface area contributed by atoms with Gasteiger partial charge in [0.15, 0.2) is 0 Å². The molecule has 0 amide bonds. The minimum Gasteiger partial charge on any atom is -0.412 e. The van der Waals surface area contributed by atoms with Crippen molar-refractivity contribution in [1.29, 1.82) is 0 Å². The molecule has 0 bridgehead atoms. The van der Waals surface area contributed by atoms with Gasteiger partial charge in [0.2, 0.25) is 0 Å². The molecule has 4 aromatic rings. The average molecular weight is 588 g/mol. The lowest BCUT2D eigenvalue weighted by Crippen LogP contribution is -2.49. The van der Waals surface area contributed by atoms with Gasteiger partial charge in [-0.05, 0) is 53.4 Å². The van der Waals surface area contributed by atoms with Crippen LogP contribution >= 0.6 is 37.2 Å². The summed E-state index contributed by atoms with van der Waals surface area (Å²) in [6.07, 6.45) is 1.94. The SMILES string of the molecule is CC(CN1CCN(C(c2ccc(F)cc2)c2ccc(F)cc2)CC1)Cn1cnc2ccccc21.Cl.Cl.Cl.O. The van der Waals surface area contributed by atoms with Gasteiger partial charge in [0.05, 0.1) is 23.4 Å². The Morgan fingerprint density at radius 2 is 1.26 bits per heavy atom. The predicted octanol–water partition coefficient (Wildman–Crippen LogP) is 5.80. The highest BCUT2D eigenvalue weighted by atomic mass is 35.5. The number of nitrogens with zero attached hydrogens (tertiary/aromatic N) is 4. The van der Waals surface area contributed by atoms with Gasteiger partial charge in [0.1, 0.15) is 11.6 Å². The number of imidazole rings is 1. The second-order valence-corrected chi connectivity index (χ2v) is 9.33. The van der Waals surface area contributed by atoms with E-state index in [-0.39, 0.29) is 60.4 Å². The van der Waals surface area contributed by atoms with Crippen LogP contribution in [0.3, 0.4) is 0 Å². The molecule has 1 aliphatic rings. The first-order chi connectivity index (χ1) is 16.6. The van der Waals surface area contributed by atoms with Crippen LogP contribution in [0.1, 0.15) is 24.1 Å². The summed E-state index contributed by atoms with van der Waals surface area (Å²) in [6.45, 7) is 8.00. The van der Waals surface area contributed by atoms with E-state index in [1.54, 1.807) is 0 Å². The summed E-state index contributed by atoms with van der Waals surface area (Å²) in [7, 11) is 0. The first-order valence-electron chi connectivity index (χ1n) is 11.9. The minimum atomic E-state index is -0.244. The molecule has 1 aliphatic heterocycles. The lowest BCUT2D eigenvalue weighted by atomic mass is 9.96. The number of piperazine rings is 1. The average Bonchev–Trinajstić information content (AvgIpc) is 3.25. The molecule has 10 heteroatoms. The van der Waals surface area contributed by atoms with E-state index in [4.69, 9.17) is 0 Å². The Labute approximate surface area is 241 Å². The summed E-state index contributed by atoms with van der Waals surface area (Å²) < 4.78 is 29.4. The van der Waals surface area contributed by atoms with E-state index in [0.717, 1.165) is 55.9 Å². The molecular formula is C28H35Cl3F2N4O. The fraction of sp³-hybridized carbons (Fsp3) is 0.321. The quantitative estimate of drug-likeness (QED) is 0.275. The normalized spacial score (nSPS) is 14.6. The lowest BCUT2D eigenvalue weighted by Gasteiger charge is -2.40. The zero-order valence-electron chi connectivity index (χ0n) is 21.2. The topological polar surface area (TPSA) is 55.8 Å². The van der Waals surface area contributed by atoms with Crippen molar-refractivity contribution in [3.63, 3.8) is 0 Å². The summed E-state index contributed by atoms with van der Waals surface area (Å²) in [5.74, 6) is 0.00585. The molecule has 0 saturated carbocycles. The molecule has 1 aromatic heterocycles. The van der Waals surface area contributed by atoms with Crippen LogP contribution in [0.5, 0.6) is 0 Å². The zero-order chi connectivity index (χ0) is 23.5. The van der Waals surface area contributed by atoms with E-state index >= 15 is 0 Å². The Hall–Kier alpha value is -2.26. The monoisotopic (exact) mass is 586 g/mol. The van der Waals surface area contributed by atoms with Crippen LogP contribution in [-0.2, 0) is 6.54 Å². The van der Waals surface area contributed by atoms with E-state index in [0.29, 0.717) is 5.92 Å². The summed E-state index contributed by atoms with van der Waals surface area (Å²) in [5.41, 5.74) is 4.28. The first kappa shape index (κ1) is 33.8. The van der Waals surface area contributed by atoms with Gasteiger partial charge in [0, 0.05) is 39.3 Å². The molecule has 0 radical (unpaired) electrons. The van der Waals surface area contributed by atoms with Crippen molar-refractivity contribution in [1.82, 2.24) is 19.4 Å². The van der Waals surface area contributed by atoms with Gasteiger partial charge in [-0.25, -0.2) is 13.8 Å². The highest BCUT2D eigenvalue weighted by Crippen LogP contribution is 2.30. The number of rotatable bonds is 7. The highest BCUT2D eigenvalue weighted by molar-refractivity contribution is 5.86. The number of benzene rings is 3. The summed E-state index contributed by atoms with van der Waals surface area (Å²) in [4.78, 5) is 9.45. The molecule has 2 heterocycles. The van der Waals surface area contributed by atoms with Gasteiger partial charge in [-0.1, -0.05) is 43.3 Å². The third-order valence-electron chi connectivity index (χ3n) is 6.75. The number of para-hydroxylation sites is 2. The van der Waals surface area contributed by atoms with Crippen molar-refractivity contribution in [2.75, 3.05) is 32.7 Å². The smallest absolute Gasteiger partial charge is 0.123 e. The van der Waals surface area contributed by atoms with E-state index in [1.807, 2.05) is 42.7 Å². The Morgan fingerprint density at radius 1 is 0.737 bits per heavy atom. The number of aromatic nitrogens is 2. The third kappa shape index (κ3) is 7.88. The molecule has 0 aliphatic carbocycles. The van der Waals surface area contributed by atoms with E-state index < -0.39 is 0 Å². The maximum Gasteiger partial charge on any atom is 0.123 e. The fourth-order valence-electron chi connectivity index (χ4n) is 5.10. The second-order valence-electron chi connectivity index (χ2n) is 9.33. The molecule has 208 valence electrons. The Morgan fingerprint density at radius 3 is 1.82 bits per heavy atom. The first-order valence-corrected chi connectivity index (χ1v) is 11.9. The van der Waals surface area contributed by atoms with Crippen LogP contribution in [0.4, 0.5) is 8.78 Å². The maximum absolute atomic E-state index is 13.6. The number of hydrogen-bond acceptors (Lipinski definition) is 3. The van der Waals surface area contributed by atoms with E-state index in [2.05, 4.69) is 38.4 Å². The minimum absolute atomic E-state index is 0. The van der Waals surface area contributed by atoms with Crippen molar-refractivity contribution in [2.24, 2.45) is 5.92 Å². The van der Waals surface area contributed by atoms with Crippen molar-refractivity contribution < 1.29 is 14.3 Å². The Balaban J connectivity index is 0.00000180. The van der Waals surface area contributed by atoms with Crippen LogP contribution in [0.25, 0.3) is 11.0 Å². The number of fused-ring (bicyclic) bond motifs is 1. The standard InChI is InChI=1S/C28H30F2N4.3ClH.H2O/c1-21(19-34-20-31-26-4-2-3-5-27(26)34)18-32-14-16-33(17-15-32)28(22-6-10-24(29)11-7-22)23-8-12-25(30)13-9-23;;;;/h2-13,20-21,28H,14-19H2,1H3;3*1H;1H2. The van der Waals surface area contributed by atoms with Gasteiger partial charge in [0.25, 0.3) is 0 Å². The molecule has 1 atom stereocenters. The molecule has 3 aromatic carbocycles. The molecule has 5 rings (SSSR count). The summed E-state index contributed by atoms with van der Waals surface area (Å²) >= 11 is 0. The van der Waals surface area contributed by atoms with E-state index in [9.17, 15) is 8.78 Å². The summed E-state index contributed by atoms with van der Waals surface area (Å²) in [6, 6.07) is 21.6. The largest absolute Gasteiger partial charge is 0.412 e. The zero-order valence-corrected chi connectivity index (χ0v) is 23.6. The summed E-state index contributed by atoms with van der Waals surface area (Å²) in [5, 5.41) is 0. The van der Waals surface area contributed by atoms with Crippen LogP contribution in [0, 0.1) is 17.6 Å². The van der Waals surface area contributed by atoms with Crippen LogP contribution in [0.2, 0.25) is 0 Å². The molecule has 0 spiro atoms. The van der Waals surface area contributed by atoms with Gasteiger partial charge >= 0.3 is 0 Å². The van der Waals surface area contributed by atoms with Crippen LogP contribution < -0.4 is 0 Å². The van der Waals surface area contributed by atoms with Crippen molar-refractivity contribution in [3.05, 3.63) is 102 Å². The van der Waals surface area contributed by atoms with Gasteiger partial charge in [-0.15, -0.1) is 37.2 Å². The van der Waals surface area contributed by atoms with Crippen molar-refractivity contribution in [3.8, 4) is 0 Å². The molecular weight excluding hydrogens is 553 g/mol. The predicted molar refractivity (Wildman–Crippen MR) is 157 cm³/mol. The van der Waals surface area contributed by atoms with Gasteiger partial charge in [-0.3, -0.25) is 4.90 Å². The molecule has 1 unspecified atom stereocenters. The Kier molecular flexibility index (Phi) is 13.7. The van der Waals surface area contributed by atoms with E-state index in [1.165, 1.54) is 29.8 Å². The van der Waals surface area contributed by atoms with Crippen LogP contribution in [-0.4, -0.2) is 57.6 Å². The highest BCUT2D eigenvalue weighted by Gasteiger charge is 2.27. The maximum atomic E-state index is 13.6. The molecule has 5 nitrogen and oxygen atoms in total. The van der Waals surface area contributed by atoms with Gasteiger partial charge in [-0.2, -0.15) is 0 Å². The van der Waals surface area contributed by atoms with Crippen LogP contribution in [0.15, 0.2) is 79.1 Å². The molecule has 38 heavy (non-hydrogen) atoms. The molecule has 2 N–H and O–H groups in total. The van der Waals surface area contributed by atoms with Gasteiger partial charge < -0.3 is 14.9 Å². The third-order valence-corrected chi connectivity index (χ3v) is 6.75. The second kappa shape index (κ2) is 15.4. The number of halogens is 5. The Bertz CT molecular complexity index is 1190. The number of hydrogen-bond donors (Lipinski definition) is 0. The lowest BCUT2D eigenvalue weighted by molar-refractivity contribution is 0.0973. The molecule has 1 saturated heterocycles. The molecule has 1 fully saturated rings. The van der Waals surface area contributed by atoms with Crippen molar-refractivity contribution >= 4 is 48.3 Å². The fourth-order valence-corrected chi connectivity index (χ4v) is 5.10.